The van der Waals surface area contributed by atoms with Crippen LogP contribution < -0.4 is 5.32 Å². The fourth-order valence-corrected chi connectivity index (χ4v) is 1.76. The maximum atomic E-state index is 12.6. The Labute approximate surface area is 122 Å². The summed E-state index contributed by atoms with van der Waals surface area (Å²) in [6.45, 7) is -0.261. The second kappa shape index (κ2) is 7.30. The normalized spacial score (nSPS) is 14.2. The summed E-state index contributed by atoms with van der Waals surface area (Å²) >= 11 is 0. The van der Waals surface area contributed by atoms with Crippen LogP contribution in [0.25, 0.3) is 0 Å². The van der Waals surface area contributed by atoms with Gasteiger partial charge in [0.15, 0.2) is 0 Å². The Morgan fingerprint density at radius 3 is 1.95 bits per heavy atom. The van der Waals surface area contributed by atoms with Gasteiger partial charge in [-0.25, -0.2) is 0 Å². The molecule has 0 aliphatic rings. The summed E-state index contributed by atoms with van der Waals surface area (Å²) in [7, 11) is 1.35. The van der Waals surface area contributed by atoms with Crippen molar-refractivity contribution in [1.82, 2.24) is 5.32 Å². The summed E-state index contributed by atoms with van der Waals surface area (Å²) in [6.07, 6.45) is -10.6. The Bertz CT molecular complexity index is 454. The van der Waals surface area contributed by atoms with Gasteiger partial charge < -0.3 is 15.2 Å². The fourth-order valence-electron chi connectivity index (χ4n) is 1.76. The van der Waals surface area contributed by atoms with Crippen LogP contribution in [0.15, 0.2) is 18.2 Å². The molecule has 0 heterocycles. The van der Waals surface area contributed by atoms with Crippen molar-refractivity contribution in [2.24, 2.45) is 0 Å². The predicted octanol–water partition coefficient (Wildman–Crippen LogP) is 2.82. The van der Waals surface area contributed by atoms with Crippen molar-refractivity contribution in [3.8, 4) is 0 Å². The third-order valence-corrected chi connectivity index (χ3v) is 2.72. The number of hydrogen-bond acceptors (Lipinski definition) is 3. The van der Waals surface area contributed by atoms with E-state index in [1.807, 2.05) is 0 Å². The van der Waals surface area contributed by atoms with Crippen LogP contribution in [-0.4, -0.2) is 31.5 Å². The summed E-state index contributed by atoms with van der Waals surface area (Å²) < 4.78 is 80.5. The van der Waals surface area contributed by atoms with Crippen molar-refractivity contribution in [2.75, 3.05) is 20.3 Å². The van der Waals surface area contributed by atoms with Gasteiger partial charge in [-0.05, 0) is 23.8 Å². The van der Waals surface area contributed by atoms with E-state index in [-0.39, 0.29) is 31.3 Å². The molecular formula is C13H15F6NO2. The van der Waals surface area contributed by atoms with Crippen LogP contribution in [0.3, 0.4) is 0 Å². The molecule has 0 fully saturated rings. The Balaban J connectivity index is 2.90. The molecule has 1 aromatic rings. The van der Waals surface area contributed by atoms with Crippen LogP contribution in [0.4, 0.5) is 26.3 Å². The quantitative estimate of drug-likeness (QED) is 0.788. The molecule has 0 aliphatic heterocycles. The molecule has 0 aliphatic carbocycles. The van der Waals surface area contributed by atoms with Crippen molar-refractivity contribution in [1.29, 1.82) is 0 Å². The van der Waals surface area contributed by atoms with Crippen molar-refractivity contribution in [2.45, 2.75) is 25.0 Å². The molecule has 0 aromatic heterocycles. The first-order valence-corrected chi connectivity index (χ1v) is 6.20. The average molecular weight is 331 g/mol. The van der Waals surface area contributed by atoms with Gasteiger partial charge in [0.25, 0.3) is 0 Å². The van der Waals surface area contributed by atoms with E-state index in [9.17, 15) is 31.4 Å². The highest BCUT2D eigenvalue weighted by molar-refractivity contribution is 5.33. The van der Waals surface area contributed by atoms with E-state index in [1.54, 1.807) is 0 Å². The van der Waals surface area contributed by atoms with E-state index >= 15 is 0 Å². The lowest BCUT2D eigenvalue weighted by Crippen LogP contribution is -2.29. The number of halogens is 6. The number of methoxy groups -OCH3 is 1. The number of nitrogens with one attached hydrogen (secondary N) is 1. The Kier molecular flexibility index (Phi) is 6.21. The lowest BCUT2D eigenvalue weighted by molar-refractivity contribution is -0.143. The molecule has 0 radical (unpaired) electrons. The molecule has 0 saturated carbocycles. The first-order chi connectivity index (χ1) is 10.0. The Hall–Kier alpha value is -1.32. The minimum absolute atomic E-state index is 0.00336. The standard InChI is InChI=1S/C13H15F6NO2/c1-22-7-11(21)6-20-5-8-2-9(12(14,15)16)4-10(3-8)13(17,18)19/h2-4,11,20-21H,5-7H2,1H3. The van der Waals surface area contributed by atoms with Gasteiger partial charge in [0, 0.05) is 20.2 Å². The van der Waals surface area contributed by atoms with Crippen LogP contribution >= 0.6 is 0 Å². The first kappa shape index (κ1) is 18.7. The molecule has 2 N–H and O–H groups in total. The van der Waals surface area contributed by atoms with Gasteiger partial charge >= 0.3 is 12.4 Å². The van der Waals surface area contributed by atoms with E-state index in [4.69, 9.17) is 0 Å². The van der Waals surface area contributed by atoms with Crippen molar-refractivity contribution in [3.05, 3.63) is 34.9 Å². The van der Waals surface area contributed by atoms with Crippen LogP contribution in [0.2, 0.25) is 0 Å². The zero-order chi connectivity index (χ0) is 17.0. The number of rotatable bonds is 6. The summed E-state index contributed by atoms with van der Waals surface area (Å²) in [4.78, 5) is 0. The number of hydrogen-bond donors (Lipinski definition) is 2. The molecular weight excluding hydrogens is 316 g/mol. The second-order valence-corrected chi connectivity index (χ2v) is 4.65. The average Bonchev–Trinajstić information content (AvgIpc) is 2.36. The van der Waals surface area contributed by atoms with Crippen LogP contribution in [0, 0.1) is 0 Å². The summed E-state index contributed by atoms with van der Waals surface area (Å²) in [5.41, 5.74) is -2.90. The van der Waals surface area contributed by atoms with Gasteiger partial charge in [0.2, 0.25) is 0 Å². The monoisotopic (exact) mass is 331 g/mol. The maximum absolute atomic E-state index is 12.6. The summed E-state index contributed by atoms with van der Waals surface area (Å²) in [6, 6.07) is 1.36. The lowest BCUT2D eigenvalue weighted by Gasteiger charge is -2.15. The number of ether oxygens (including phenoxy) is 1. The molecule has 1 unspecified atom stereocenters. The Morgan fingerprint density at radius 2 is 1.55 bits per heavy atom. The zero-order valence-corrected chi connectivity index (χ0v) is 11.6. The number of alkyl halides is 6. The van der Waals surface area contributed by atoms with E-state index < -0.39 is 29.6 Å². The van der Waals surface area contributed by atoms with E-state index in [0.717, 1.165) is 0 Å². The number of benzene rings is 1. The van der Waals surface area contributed by atoms with E-state index in [0.29, 0.717) is 12.1 Å². The summed E-state index contributed by atoms with van der Waals surface area (Å²) in [5, 5.41) is 11.9. The first-order valence-electron chi connectivity index (χ1n) is 6.20. The van der Waals surface area contributed by atoms with Gasteiger partial charge in [0.1, 0.15) is 0 Å². The molecule has 3 nitrogen and oxygen atoms in total. The molecule has 0 spiro atoms. The minimum atomic E-state index is -4.87. The third kappa shape index (κ3) is 5.82. The van der Waals surface area contributed by atoms with Crippen LogP contribution in [-0.2, 0) is 23.6 Å². The molecule has 0 saturated heterocycles. The smallest absolute Gasteiger partial charge is 0.389 e. The van der Waals surface area contributed by atoms with Crippen molar-refractivity contribution < 1.29 is 36.2 Å². The van der Waals surface area contributed by atoms with Crippen molar-refractivity contribution in [3.63, 3.8) is 0 Å². The van der Waals surface area contributed by atoms with Gasteiger partial charge in [0.05, 0.1) is 23.8 Å². The van der Waals surface area contributed by atoms with E-state index in [1.165, 1.54) is 7.11 Å². The van der Waals surface area contributed by atoms with Gasteiger partial charge in [-0.1, -0.05) is 0 Å². The highest BCUT2D eigenvalue weighted by Gasteiger charge is 2.36. The molecule has 1 atom stereocenters. The number of aliphatic hydroxyl groups excluding tert-OH is 1. The molecule has 0 bridgehead atoms. The molecule has 0 amide bonds. The second-order valence-electron chi connectivity index (χ2n) is 4.65. The molecule has 1 rings (SSSR count). The van der Waals surface area contributed by atoms with E-state index in [2.05, 4.69) is 10.1 Å². The summed E-state index contributed by atoms with van der Waals surface area (Å²) in [5.74, 6) is 0. The van der Waals surface area contributed by atoms with Gasteiger partial charge in [-0.3, -0.25) is 0 Å². The van der Waals surface area contributed by atoms with Crippen molar-refractivity contribution >= 4 is 0 Å². The third-order valence-electron chi connectivity index (χ3n) is 2.72. The van der Waals surface area contributed by atoms with Crippen LogP contribution in [0.1, 0.15) is 16.7 Å². The topological polar surface area (TPSA) is 41.5 Å². The largest absolute Gasteiger partial charge is 0.416 e. The number of aliphatic hydroxyl groups is 1. The molecule has 126 valence electrons. The zero-order valence-electron chi connectivity index (χ0n) is 11.6. The van der Waals surface area contributed by atoms with Crippen LogP contribution in [0.5, 0.6) is 0 Å². The molecule has 1 aromatic carbocycles. The highest BCUT2D eigenvalue weighted by atomic mass is 19.4. The lowest BCUT2D eigenvalue weighted by atomic mass is 10.0. The van der Waals surface area contributed by atoms with Gasteiger partial charge in [-0.2, -0.15) is 26.3 Å². The SMILES string of the molecule is COCC(O)CNCc1cc(C(F)(F)F)cc(C(F)(F)F)c1. The minimum Gasteiger partial charge on any atom is -0.389 e. The fraction of sp³-hybridized carbons (Fsp3) is 0.538. The Morgan fingerprint density at radius 1 is 1.05 bits per heavy atom. The maximum Gasteiger partial charge on any atom is 0.416 e. The molecule has 9 heteroatoms. The predicted molar refractivity (Wildman–Crippen MR) is 66.0 cm³/mol. The molecule has 22 heavy (non-hydrogen) atoms. The van der Waals surface area contributed by atoms with Gasteiger partial charge in [-0.15, -0.1) is 0 Å². The highest BCUT2D eigenvalue weighted by Crippen LogP contribution is 2.36.